The molecule has 180 valence electrons. The molecular weight excluding hydrogens is 549 g/mol. The number of rotatable bonds is 7. The zero-order valence-electron chi connectivity index (χ0n) is 20.0. The van der Waals surface area contributed by atoms with Gasteiger partial charge in [-0.1, -0.05) is 60.7 Å². The Kier molecular flexibility index (Phi) is 8.13. The van der Waals surface area contributed by atoms with E-state index in [1.807, 2.05) is 12.1 Å². The number of aliphatic imine (C=N–C) groups is 1. The summed E-state index contributed by atoms with van der Waals surface area (Å²) in [5.41, 5.74) is 4.79. The van der Waals surface area contributed by atoms with E-state index in [2.05, 4.69) is 88.0 Å². The molecule has 0 atom stereocenters. The second kappa shape index (κ2) is 11.4. The Bertz CT molecular complexity index is 1320. The molecule has 0 aromatic heterocycles. The predicted octanol–water partition coefficient (Wildman–Crippen LogP) is 6.10. The molecule has 0 saturated heterocycles. The van der Waals surface area contributed by atoms with Gasteiger partial charge in [0.1, 0.15) is 11.5 Å². The minimum atomic E-state index is 0. The molecule has 35 heavy (non-hydrogen) atoms. The Morgan fingerprint density at radius 1 is 0.829 bits per heavy atom. The van der Waals surface area contributed by atoms with Crippen molar-refractivity contribution in [2.45, 2.75) is 13.1 Å². The van der Waals surface area contributed by atoms with Crippen LogP contribution in [-0.4, -0.2) is 38.2 Å². The molecule has 0 fully saturated rings. The minimum Gasteiger partial charge on any atom is -0.497 e. The van der Waals surface area contributed by atoms with Crippen molar-refractivity contribution in [2.24, 2.45) is 4.99 Å². The van der Waals surface area contributed by atoms with Gasteiger partial charge in [0.05, 0.1) is 20.8 Å². The molecule has 0 radical (unpaired) electrons. The smallest absolute Gasteiger partial charge is 0.194 e. The van der Waals surface area contributed by atoms with Crippen LogP contribution in [0.1, 0.15) is 11.1 Å². The molecule has 0 aliphatic carbocycles. The Labute approximate surface area is 223 Å². The number of nitrogens with zero attached hydrogens (tertiary/aromatic N) is 2. The van der Waals surface area contributed by atoms with Gasteiger partial charge in [0, 0.05) is 31.3 Å². The van der Waals surface area contributed by atoms with Crippen molar-refractivity contribution < 1.29 is 9.47 Å². The first-order valence-electron chi connectivity index (χ1n) is 11.6. The van der Waals surface area contributed by atoms with E-state index in [0.29, 0.717) is 0 Å². The summed E-state index contributed by atoms with van der Waals surface area (Å²) in [6, 6.07) is 29.8. The lowest BCUT2D eigenvalue weighted by Gasteiger charge is -2.22. The van der Waals surface area contributed by atoms with Crippen molar-refractivity contribution in [1.29, 1.82) is 0 Å². The number of hydrogen-bond acceptors (Lipinski definition) is 5. The second-order valence-corrected chi connectivity index (χ2v) is 8.42. The van der Waals surface area contributed by atoms with Crippen molar-refractivity contribution >= 4 is 40.7 Å². The summed E-state index contributed by atoms with van der Waals surface area (Å²) in [5.74, 6) is 2.55. The van der Waals surface area contributed by atoms with Gasteiger partial charge in [-0.25, -0.2) is 0 Å². The number of hydrogen-bond donors (Lipinski definition) is 1. The number of benzene rings is 4. The average Bonchev–Trinajstić information content (AvgIpc) is 3.34. The third-order valence-electron chi connectivity index (χ3n) is 6.27. The highest BCUT2D eigenvalue weighted by molar-refractivity contribution is 14.0. The van der Waals surface area contributed by atoms with Crippen molar-refractivity contribution in [3.63, 3.8) is 0 Å². The average molecular weight is 579 g/mol. The maximum absolute atomic E-state index is 5.57. The summed E-state index contributed by atoms with van der Waals surface area (Å²) in [6.07, 6.45) is 0. The fourth-order valence-electron chi connectivity index (χ4n) is 4.36. The number of nitrogens with one attached hydrogen (secondary N) is 1. The van der Waals surface area contributed by atoms with Gasteiger partial charge in [0.25, 0.3) is 0 Å². The molecule has 6 heteroatoms. The van der Waals surface area contributed by atoms with Crippen LogP contribution in [0.25, 0.3) is 21.9 Å². The lowest BCUT2D eigenvalue weighted by molar-refractivity contribution is 0.377. The summed E-state index contributed by atoms with van der Waals surface area (Å²) >= 11 is 0. The third-order valence-corrected chi connectivity index (χ3v) is 6.27. The maximum Gasteiger partial charge on any atom is 0.194 e. The topological polar surface area (TPSA) is 46.1 Å². The van der Waals surface area contributed by atoms with Crippen LogP contribution in [-0.2, 0) is 13.1 Å². The summed E-state index contributed by atoms with van der Waals surface area (Å²) < 4.78 is 10.9. The monoisotopic (exact) mass is 579 g/mol. The van der Waals surface area contributed by atoms with Gasteiger partial charge in [-0.2, -0.15) is 0 Å². The second-order valence-electron chi connectivity index (χ2n) is 8.42. The number of ether oxygens (including phenoxy) is 2. The molecule has 1 aliphatic rings. The Morgan fingerprint density at radius 3 is 2.37 bits per heavy atom. The molecule has 0 amide bonds. The van der Waals surface area contributed by atoms with Crippen molar-refractivity contribution in [1.82, 2.24) is 10.2 Å². The van der Waals surface area contributed by atoms with Crippen LogP contribution in [0.2, 0.25) is 0 Å². The molecule has 5 rings (SSSR count). The van der Waals surface area contributed by atoms with E-state index < -0.39 is 0 Å². The molecule has 0 unspecified atom stereocenters. The highest BCUT2D eigenvalue weighted by Crippen LogP contribution is 2.27. The quantitative estimate of drug-likeness (QED) is 0.269. The summed E-state index contributed by atoms with van der Waals surface area (Å²) in [7, 11) is 3.36. The van der Waals surface area contributed by atoms with Gasteiger partial charge >= 0.3 is 0 Å². The first kappa shape index (κ1) is 24.9. The lowest BCUT2D eigenvalue weighted by atomic mass is 10.0. The first-order chi connectivity index (χ1) is 16.7. The van der Waals surface area contributed by atoms with E-state index in [1.54, 1.807) is 14.2 Å². The molecule has 0 bridgehead atoms. The van der Waals surface area contributed by atoms with Crippen molar-refractivity contribution in [2.75, 3.05) is 27.3 Å². The standard InChI is InChI=1S/C29H29N3O2.HI/c1-33-27-14-13-26(28(18-27)34-2)20-32-16-15-30-29(32)31-19-21-7-9-23(10-8-21)25-12-11-22-5-3-4-6-24(22)17-25;/h3-14,17-18H,15-16,19-20H2,1-2H3,(H,30,31);1H. The fraction of sp³-hybridized carbons (Fsp3) is 0.207. The van der Waals surface area contributed by atoms with Crippen molar-refractivity contribution in [3.05, 3.63) is 96.1 Å². The Balaban J connectivity index is 0.00000289. The molecule has 1 aliphatic heterocycles. The summed E-state index contributed by atoms with van der Waals surface area (Å²) in [4.78, 5) is 6.94. The van der Waals surface area contributed by atoms with Gasteiger partial charge < -0.3 is 19.7 Å². The maximum atomic E-state index is 5.57. The number of halogens is 1. The zero-order chi connectivity index (χ0) is 23.3. The largest absolute Gasteiger partial charge is 0.497 e. The molecule has 0 saturated carbocycles. The van der Waals surface area contributed by atoms with Crippen LogP contribution in [0.15, 0.2) is 89.9 Å². The highest BCUT2D eigenvalue weighted by Gasteiger charge is 2.19. The van der Waals surface area contributed by atoms with Crippen LogP contribution in [0.5, 0.6) is 11.5 Å². The third kappa shape index (κ3) is 5.70. The van der Waals surface area contributed by atoms with Gasteiger partial charge in [-0.05, 0) is 45.7 Å². The van der Waals surface area contributed by atoms with Gasteiger partial charge in [-0.3, -0.25) is 4.99 Å². The van der Waals surface area contributed by atoms with Crippen LogP contribution < -0.4 is 14.8 Å². The SMILES string of the molecule is COc1ccc(CN2CCN=C2NCc2ccc(-c3ccc4ccccc4c3)cc2)c(OC)c1.I. The highest BCUT2D eigenvalue weighted by atomic mass is 127. The van der Waals surface area contributed by atoms with E-state index in [1.165, 1.54) is 27.5 Å². The van der Waals surface area contributed by atoms with Crippen LogP contribution in [0.3, 0.4) is 0 Å². The Hall–Kier alpha value is -3.26. The minimum absolute atomic E-state index is 0. The molecular formula is C29H30IN3O2. The molecule has 4 aromatic carbocycles. The first-order valence-corrected chi connectivity index (χ1v) is 11.6. The van der Waals surface area contributed by atoms with Crippen LogP contribution in [0, 0.1) is 0 Å². The van der Waals surface area contributed by atoms with Gasteiger partial charge in [-0.15, -0.1) is 24.0 Å². The van der Waals surface area contributed by atoms with E-state index in [9.17, 15) is 0 Å². The van der Waals surface area contributed by atoms with Gasteiger partial charge in [0.15, 0.2) is 5.96 Å². The lowest BCUT2D eigenvalue weighted by Crippen LogP contribution is -2.37. The molecule has 5 nitrogen and oxygen atoms in total. The zero-order valence-corrected chi connectivity index (χ0v) is 22.4. The van der Waals surface area contributed by atoms with Crippen molar-refractivity contribution in [3.8, 4) is 22.6 Å². The number of methoxy groups -OCH3 is 2. The normalized spacial score (nSPS) is 12.7. The Morgan fingerprint density at radius 2 is 1.60 bits per heavy atom. The number of guanidine groups is 1. The van der Waals surface area contributed by atoms with Crippen LogP contribution >= 0.6 is 24.0 Å². The molecule has 4 aromatic rings. The fourth-order valence-corrected chi connectivity index (χ4v) is 4.36. The molecule has 1 N–H and O–H groups in total. The van der Waals surface area contributed by atoms with E-state index in [0.717, 1.165) is 49.2 Å². The van der Waals surface area contributed by atoms with E-state index >= 15 is 0 Å². The molecule has 0 spiro atoms. The summed E-state index contributed by atoms with van der Waals surface area (Å²) in [6.45, 7) is 3.15. The van der Waals surface area contributed by atoms with Crippen LogP contribution in [0.4, 0.5) is 0 Å². The van der Waals surface area contributed by atoms with Gasteiger partial charge in [0.2, 0.25) is 0 Å². The number of fused-ring (bicyclic) bond motifs is 1. The summed E-state index contributed by atoms with van der Waals surface area (Å²) in [5, 5.41) is 6.05. The predicted molar refractivity (Wildman–Crippen MR) is 154 cm³/mol. The molecule has 1 heterocycles. The van der Waals surface area contributed by atoms with E-state index in [-0.39, 0.29) is 24.0 Å². The van der Waals surface area contributed by atoms with E-state index in [4.69, 9.17) is 9.47 Å².